The molecule has 1 aliphatic heterocycles. The Labute approximate surface area is 184 Å². The van der Waals surface area contributed by atoms with Gasteiger partial charge in [-0.1, -0.05) is 29.8 Å². The first-order valence-electron chi connectivity index (χ1n) is 9.87. The summed E-state index contributed by atoms with van der Waals surface area (Å²) >= 11 is 0. The Kier molecular flexibility index (Phi) is 5.64. The average molecular weight is 432 g/mol. The number of hydrogen-bond donors (Lipinski definition) is 1. The number of imide groups is 1. The SMILES string of the molecule is COc1ccc(OC)c(N2C(=O)C(Nc3ccc(F)cc3)=C(c3ccc(C)cc3)C2=O)c1. The van der Waals surface area contributed by atoms with Crippen LogP contribution < -0.4 is 19.7 Å². The van der Waals surface area contributed by atoms with Crippen LogP contribution in [0.4, 0.5) is 15.8 Å². The van der Waals surface area contributed by atoms with Gasteiger partial charge in [-0.25, -0.2) is 9.29 Å². The van der Waals surface area contributed by atoms with Gasteiger partial charge >= 0.3 is 0 Å². The largest absolute Gasteiger partial charge is 0.497 e. The molecule has 3 aromatic rings. The maximum absolute atomic E-state index is 13.6. The number of amides is 2. The minimum absolute atomic E-state index is 0.0929. The van der Waals surface area contributed by atoms with E-state index >= 15 is 0 Å². The van der Waals surface area contributed by atoms with Crippen molar-refractivity contribution in [2.45, 2.75) is 6.92 Å². The highest BCUT2D eigenvalue weighted by Crippen LogP contribution is 2.39. The topological polar surface area (TPSA) is 67.9 Å². The van der Waals surface area contributed by atoms with Gasteiger partial charge < -0.3 is 14.8 Å². The molecule has 3 aromatic carbocycles. The number of nitrogens with one attached hydrogen (secondary N) is 1. The van der Waals surface area contributed by atoms with Crippen LogP contribution in [0.25, 0.3) is 5.57 Å². The van der Waals surface area contributed by atoms with Gasteiger partial charge in [-0.3, -0.25) is 9.59 Å². The number of nitrogens with zero attached hydrogens (tertiary/aromatic N) is 1. The van der Waals surface area contributed by atoms with Gasteiger partial charge in [0.2, 0.25) is 0 Å². The van der Waals surface area contributed by atoms with Crippen LogP contribution in [-0.2, 0) is 9.59 Å². The first-order valence-corrected chi connectivity index (χ1v) is 9.87. The Balaban J connectivity index is 1.85. The second-order valence-electron chi connectivity index (χ2n) is 7.23. The van der Waals surface area contributed by atoms with Crippen LogP contribution >= 0.6 is 0 Å². The predicted molar refractivity (Wildman–Crippen MR) is 120 cm³/mol. The molecule has 0 fully saturated rings. The van der Waals surface area contributed by atoms with Crippen molar-refractivity contribution < 1.29 is 23.5 Å². The zero-order valence-electron chi connectivity index (χ0n) is 17.8. The van der Waals surface area contributed by atoms with Crippen LogP contribution in [0.5, 0.6) is 11.5 Å². The van der Waals surface area contributed by atoms with Gasteiger partial charge in [0.1, 0.15) is 23.0 Å². The Morgan fingerprint density at radius 2 is 1.53 bits per heavy atom. The zero-order chi connectivity index (χ0) is 22.8. The Morgan fingerprint density at radius 3 is 2.16 bits per heavy atom. The van der Waals surface area contributed by atoms with Crippen molar-refractivity contribution in [2.24, 2.45) is 0 Å². The monoisotopic (exact) mass is 432 g/mol. The summed E-state index contributed by atoms with van der Waals surface area (Å²) in [6.07, 6.45) is 0. The summed E-state index contributed by atoms with van der Waals surface area (Å²) < 4.78 is 24.0. The highest BCUT2D eigenvalue weighted by atomic mass is 19.1. The molecule has 1 N–H and O–H groups in total. The summed E-state index contributed by atoms with van der Waals surface area (Å²) in [7, 11) is 2.96. The number of methoxy groups -OCH3 is 2. The van der Waals surface area contributed by atoms with Crippen molar-refractivity contribution in [3.8, 4) is 11.5 Å². The smallest absolute Gasteiger partial charge is 0.282 e. The van der Waals surface area contributed by atoms with E-state index in [1.165, 1.54) is 38.5 Å². The number of ether oxygens (including phenoxy) is 2. The molecule has 0 saturated heterocycles. The normalized spacial score (nSPS) is 13.6. The predicted octanol–water partition coefficient (Wildman–Crippen LogP) is 4.55. The van der Waals surface area contributed by atoms with Gasteiger partial charge in [-0.2, -0.15) is 0 Å². The average Bonchev–Trinajstić information content (AvgIpc) is 3.04. The van der Waals surface area contributed by atoms with Crippen LogP contribution in [0.3, 0.4) is 0 Å². The molecule has 0 spiro atoms. The Bertz CT molecular complexity index is 1220. The van der Waals surface area contributed by atoms with Gasteiger partial charge in [0.15, 0.2) is 0 Å². The lowest BCUT2D eigenvalue weighted by molar-refractivity contribution is -0.120. The van der Waals surface area contributed by atoms with Crippen molar-refractivity contribution in [3.63, 3.8) is 0 Å². The van der Waals surface area contributed by atoms with E-state index in [9.17, 15) is 14.0 Å². The maximum Gasteiger partial charge on any atom is 0.282 e. The summed E-state index contributed by atoms with van der Waals surface area (Å²) in [6, 6.07) is 17.7. The van der Waals surface area contributed by atoms with Crippen LogP contribution in [0.2, 0.25) is 0 Å². The van der Waals surface area contributed by atoms with Crippen molar-refractivity contribution >= 4 is 28.8 Å². The number of anilines is 2. The standard InChI is InChI=1S/C25H21FN2O4/c1-15-4-6-16(7-5-15)22-23(27-18-10-8-17(26)9-11-18)25(30)28(24(22)29)20-14-19(31-2)12-13-21(20)32-3/h4-14,27H,1-3H3. The van der Waals surface area contributed by atoms with E-state index < -0.39 is 17.6 Å². The van der Waals surface area contributed by atoms with E-state index in [4.69, 9.17) is 9.47 Å². The molecule has 0 atom stereocenters. The number of benzene rings is 3. The van der Waals surface area contributed by atoms with Crippen molar-refractivity contribution in [1.82, 2.24) is 0 Å². The number of carbonyl (C=O) groups is 2. The van der Waals surface area contributed by atoms with E-state index in [0.717, 1.165) is 10.5 Å². The molecule has 1 heterocycles. The highest BCUT2D eigenvalue weighted by molar-refractivity contribution is 6.46. The third kappa shape index (κ3) is 3.80. The summed E-state index contributed by atoms with van der Waals surface area (Å²) in [4.78, 5) is 28.2. The highest BCUT2D eigenvalue weighted by Gasteiger charge is 2.41. The molecule has 0 bridgehead atoms. The molecule has 7 heteroatoms. The summed E-state index contributed by atoms with van der Waals surface area (Å²) in [5.74, 6) is -0.645. The van der Waals surface area contributed by atoms with Crippen LogP contribution in [0.1, 0.15) is 11.1 Å². The second kappa shape index (κ2) is 8.55. The fourth-order valence-corrected chi connectivity index (χ4v) is 3.50. The zero-order valence-corrected chi connectivity index (χ0v) is 17.8. The fraction of sp³-hybridized carbons (Fsp3) is 0.120. The first-order chi connectivity index (χ1) is 15.4. The quantitative estimate of drug-likeness (QED) is 0.579. The fourth-order valence-electron chi connectivity index (χ4n) is 3.50. The molecule has 162 valence electrons. The number of aryl methyl sites for hydroxylation is 1. The van der Waals surface area contributed by atoms with Crippen LogP contribution in [-0.4, -0.2) is 26.0 Å². The summed E-state index contributed by atoms with van der Waals surface area (Å²) in [6.45, 7) is 1.94. The number of halogens is 1. The first kappa shape index (κ1) is 21.1. The van der Waals surface area contributed by atoms with Crippen molar-refractivity contribution in [1.29, 1.82) is 0 Å². The lowest BCUT2D eigenvalue weighted by atomic mass is 10.0. The third-order valence-electron chi connectivity index (χ3n) is 5.16. The molecule has 4 rings (SSSR count). The minimum Gasteiger partial charge on any atom is -0.497 e. The van der Waals surface area contributed by atoms with Crippen molar-refractivity contribution in [3.05, 3.63) is 89.4 Å². The maximum atomic E-state index is 13.6. The van der Waals surface area contributed by atoms with Gasteiger partial charge in [0, 0.05) is 11.8 Å². The Hall–Kier alpha value is -4.13. The second-order valence-corrected chi connectivity index (χ2v) is 7.23. The van der Waals surface area contributed by atoms with Gasteiger partial charge in [-0.05, 0) is 48.9 Å². The van der Waals surface area contributed by atoms with E-state index in [2.05, 4.69) is 5.32 Å². The number of rotatable bonds is 6. The summed E-state index contributed by atoms with van der Waals surface area (Å²) in [5, 5.41) is 3.01. The molecule has 0 saturated carbocycles. The lowest BCUT2D eigenvalue weighted by Gasteiger charge is -2.19. The molecular formula is C25H21FN2O4. The molecule has 1 aliphatic rings. The van der Waals surface area contributed by atoms with Gasteiger partial charge in [0.25, 0.3) is 11.8 Å². The van der Waals surface area contributed by atoms with Gasteiger partial charge in [0.05, 0.1) is 25.5 Å². The number of carbonyl (C=O) groups excluding carboxylic acids is 2. The molecule has 32 heavy (non-hydrogen) atoms. The molecule has 0 aromatic heterocycles. The number of hydrogen-bond acceptors (Lipinski definition) is 5. The third-order valence-corrected chi connectivity index (χ3v) is 5.16. The van der Waals surface area contributed by atoms with E-state index in [0.29, 0.717) is 22.7 Å². The van der Waals surface area contributed by atoms with E-state index in [1.807, 2.05) is 19.1 Å². The molecule has 2 amide bonds. The van der Waals surface area contributed by atoms with E-state index in [1.54, 1.807) is 30.3 Å². The van der Waals surface area contributed by atoms with Crippen LogP contribution in [0, 0.1) is 12.7 Å². The van der Waals surface area contributed by atoms with Crippen LogP contribution in [0.15, 0.2) is 72.4 Å². The molecule has 0 aliphatic carbocycles. The van der Waals surface area contributed by atoms with Crippen molar-refractivity contribution in [2.75, 3.05) is 24.4 Å². The Morgan fingerprint density at radius 1 is 0.844 bits per heavy atom. The summed E-state index contributed by atoms with van der Waals surface area (Å²) in [5.41, 5.74) is 2.65. The van der Waals surface area contributed by atoms with Gasteiger partial charge in [-0.15, -0.1) is 0 Å². The minimum atomic E-state index is -0.554. The molecule has 0 unspecified atom stereocenters. The molecule has 0 radical (unpaired) electrons. The molecular weight excluding hydrogens is 411 g/mol. The molecule has 6 nitrogen and oxygen atoms in total. The lowest BCUT2D eigenvalue weighted by Crippen LogP contribution is -2.32. The van der Waals surface area contributed by atoms with E-state index in [-0.39, 0.29) is 17.0 Å².